The van der Waals surface area contributed by atoms with Crippen LogP contribution >= 0.6 is 24.8 Å². The Hall–Kier alpha value is -0.580. The Morgan fingerprint density at radius 3 is 2.90 bits per heavy atom. The molecule has 1 atom stereocenters. The molecule has 56 valence electrons. The summed E-state index contributed by atoms with van der Waals surface area (Å²) in [6, 6.07) is -0.793. The average molecular weight is 178 g/mol. The van der Waals surface area contributed by atoms with E-state index in [9.17, 15) is 4.79 Å². The number of thiol groups is 1. The van der Waals surface area contributed by atoms with Crippen molar-refractivity contribution >= 4 is 36.0 Å². The van der Waals surface area contributed by atoms with Crippen LogP contribution in [0, 0.1) is 0 Å². The average Bonchev–Trinajstić information content (AvgIpc) is 1.89. The van der Waals surface area contributed by atoms with E-state index in [2.05, 4.69) is 35.4 Å². The summed E-state index contributed by atoms with van der Waals surface area (Å²) in [6.45, 7) is 0. The maximum absolute atomic E-state index is 10.2. The predicted octanol–water partition coefficient (Wildman–Crippen LogP) is -0.0232. The third kappa shape index (κ3) is 3.45. The minimum absolute atomic E-state index is 0.163. The largest absolute Gasteiger partial charge is 0.480 e. The van der Waals surface area contributed by atoms with Gasteiger partial charge in [-0.1, -0.05) is 0 Å². The highest BCUT2D eigenvalue weighted by Gasteiger charge is 2.12. The second-order valence-corrected chi connectivity index (χ2v) is 1.95. The number of isothiocyanates is 1. The Morgan fingerprint density at radius 2 is 2.60 bits per heavy atom. The van der Waals surface area contributed by atoms with Gasteiger partial charge in [-0.15, -0.1) is 5.10 Å². The fraction of sp³-hybridized carbons (Fsp3) is 0.500. The standard InChI is InChI=1S/C4H6N2O2S2/c7-4(8)3(1-9)6-5-2-10/h3,6,9H,1H2,(H,7,8)/t3-/m0/s1. The van der Waals surface area contributed by atoms with E-state index in [0.717, 1.165) is 0 Å². The molecule has 0 fully saturated rings. The fourth-order valence-electron chi connectivity index (χ4n) is 0.278. The Morgan fingerprint density at radius 1 is 2.00 bits per heavy atom. The van der Waals surface area contributed by atoms with Crippen molar-refractivity contribution in [1.82, 2.24) is 5.43 Å². The molecule has 4 nitrogen and oxygen atoms in total. The monoisotopic (exact) mass is 178 g/mol. The van der Waals surface area contributed by atoms with Crippen molar-refractivity contribution in [3.63, 3.8) is 0 Å². The van der Waals surface area contributed by atoms with Gasteiger partial charge in [0.25, 0.3) is 0 Å². The molecule has 0 saturated carbocycles. The number of nitrogens with one attached hydrogen (secondary N) is 1. The Bertz CT molecular complexity index is 167. The van der Waals surface area contributed by atoms with Gasteiger partial charge in [0, 0.05) is 5.75 Å². The van der Waals surface area contributed by atoms with Crippen molar-refractivity contribution in [2.75, 3.05) is 5.75 Å². The molecule has 0 radical (unpaired) electrons. The molecule has 0 unspecified atom stereocenters. The molecular formula is C4H6N2O2S2. The molecular weight excluding hydrogens is 172 g/mol. The molecule has 0 aliphatic heterocycles. The van der Waals surface area contributed by atoms with E-state index in [4.69, 9.17) is 5.11 Å². The van der Waals surface area contributed by atoms with Crippen LogP contribution in [0.4, 0.5) is 0 Å². The van der Waals surface area contributed by atoms with Crippen LogP contribution in [-0.2, 0) is 4.79 Å². The van der Waals surface area contributed by atoms with Gasteiger partial charge in [-0.25, -0.2) is 4.79 Å². The number of carboxylic acid groups (broad SMARTS) is 1. The Labute approximate surface area is 68.7 Å². The summed E-state index contributed by atoms with van der Waals surface area (Å²) >= 11 is 7.97. The number of nitrogens with zero attached hydrogens (tertiary/aromatic N) is 1. The van der Waals surface area contributed by atoms with E-state index in [1.165, 1.54) is 0 Å². The third-order valence-corrected chi connectivity index (χ3v) is 1.20. The first-order valence-corrected chi connectivity index (χ1v) is 3.42. The van der Waals surface area contributed by atoms with E-state index in [1.807, 2.05) is 5.16 Å². The zero-order valence-electron chi connectivity index (χ0n) is 4.94. The molecule has 0 aliphatic rings. The quantitative estimate of drug-likeness (QED) is 0.245. The van der Waals surface area contributed by atoms with Crippen molar-refractivity contribution in [2.45, 2.75) is 6.04 Å². The summed E-state index contributed by atoms with van der Waals surface area (Å²) in [6.07, 6.45) is 0. The number of rotatable bonds is 4. The van der Waals surface area contributed by atoms with Crippen LogP contribution in [0.1, 0.15) is 0 Å². The number of hydrogen-bond acceptors (Lipinski definition) is 5. The molecule has 0 amide bonds. The van der Waals surface area contributed by atoms with Crippen LogP contribution < -0.4 is 5.43 Å². The van der Waals surface area contributed by atoms with Crippen molar-refractivity contribution in [3.8, 4) is 0 Å². The smallest absolute Gasteiger partial charge is 0.328 e. The van der Waals surface area contributed by atoms with E-state index in [-0.39, 0.29) is 5.75 Å². The summed E-state index contributed by atoms with van der Waals surface area (Å²) < 4.78 is 0. The second-order valence-electron chi connectivity index (χ2n) is 1.41. The van der Waals surface area contributed by atoms with Crippen molar-refractivity contribution < 1.29 is 9.90 Å². The van der Waals surface area contributed by atoms with Gasteiger partial charge in [-0.3, -0.25) is 5.43 Å². The van der Waals surface area contributed by atoms with Crippen LogP contribution in [0.15, 0.2) is 5.10 Å². The number of hydrogen-bond donors (Lipinski definition) is 3. The highest BCUT2D eigenvalue weighted by atomic mass is 32.1. The highest BCUT2D eigenvalue weighted by molar-refractivity contribution is 7.80. The van der Waals surface area contributed by atoms with E-state index in [1.54, 1.807) is 0 Å². The molecule has 0 saturated heterocycles. The van der Waals surface area contributed by atoms with Gasteiger partial charge >= 0.3 is 5.97 Å². The number of aliphatic carboxylic acids is 1. The van der Waals surface area contributed by atoms with Crippen LogP contribution in [-0.4, -0.2) is 28.0 Å². The molecule has 2 N–H and O–H groups in total. The van der Waals surface area contributed by atoms with Crippen LogP contribution in [0.3, 0.4) is 0 Å². The Balaban J connectivity index is 3.82. The normalized spacial score (nSPS) is 11.3. The molecule has 0 bridgehead atoms. The molecule has 0 aromatic rings. The number of carboxylic acids is 1. The lowest BCUT2D eigenvalue weighted by Crippen LogP contribution is -2.34. The fourth-order valence-corrected chi connectivity index (χ4v) is 0.569. The van der Waals surface area contributed by atoms with Crippen molar-refractivity contribution in [3.05, 3.63) is 0 Å². The lowest BCUT2D eigenvalue weighted by molar-refractivity contribution is -0.138. The lowest BCUT2D eigenvalue weighted by atomic mass is 10.4. The van der Waals surface area contributed by atoms with Gasteiger partial charge in [0.2, 0.25) is 0 Å². The molecule has 0 rings (SSSR count). The maximum Gasteiger partial charge on any atom is 0.328 e. The number of hydrazone groups is 1. The SMILES string of the molecule is O=C(O)[C@H](CS)NN=C=S. The predicted molar refractivity (Wildman–Crippen MR) is 43.4 cm³/mol. The molecule has 0 aliphatic carbocycles. The second kappa shape index (κ2) is 5.22. The van der Waals surface area contributed by atoms with Crippen molar-refractivity contribution in [2.24, 2.45) is 5.10 Å². The molecule has 10 heavy (non-hydrogen) atoms. The van der Waals surface area contributed by atoms with Crippen molar-refractivity contribution in [1.29, 1.82) is 0 Å². The van der Waals surface area contributed by atoms with Crippen LogP contribution in [0.2, 0.25) is 0 Å². The van der Waals surface area contributed by atoms with E-state index >= 15 is 0 Å². The summed E-state index contributed by atoms with van der Waals surface area (Å²) in [5.41, 5.74) is 2.25. The van der Waals surface area contributed by atoms with Crippen LogP contribution in [0.5, 0.6) is 0 Å². The zero-order chi connectivity index (χ0) is 7.98. The molecule has 0 spiro atoms. The summed E-state index contributed by atoms with van der Waals surface area (Å²) in [7, 11) is 0. The minimum Gasteiger partial charge on any atom is -0.480 e. The summed E-state index contributed by atoms with van der Waals surface area (Å²) in [5, 5.41) is 13.6. The summed E-state index contributed by atoms with van der Waals surface area (Å²) in [4.78, 5) is 10.2. The van der Waals surface area contributed by atoms with Gasteiger partial charge in [0.15, 0.2) is 6.04 Å². The minimum atomic E-state index is -1.01. The van der Waals surface area contributed by atoms with Gasteiger partial charge < -0.3 is 5.11 Å². The zero-order valence-corrected chi connectivity index (χ0v) is 6.65. The highest BCUT2D eigenvalue weighted by Crippen LogP contribution is 1.86. The maximum atomic E-state index is 10.2. The Kier molecular flexibility index (Phi) is 4.92. The number of carbonyl (C=O) groups is 1. The van der Waals surface area contributed by atoms with Gasteiger partial charge in [0.05, 0.1) is 5.16 Å². The molecule has 6 heteroatoms. The van der Waals surface area contributed by atoms with E-state index in [0.29, 0.717) is 0 Å². The summed E-state index contributed by atoms with van der Waals surface area (Å²) in [5.74, 6) is -0.848. The van der Waals surface area contributed by atoms with Gasteiger partial charge in [0.1, 0.15) is 0 Å². The first-order valence-electron chi connectivity index (χ1n) is 2.38. The molecule has 0 aromatic heterocycles. The third-order valence-electron chi connectivity index (χ3n) is 0.747. The van der Waals surface area contributed by atoms with Gasteiger partial charge in [-0.2, -0.15) is 12.6 Å². The first-order chi connectivity index (χ1) is 4.72. The molecule has 0 aromatic carbocycles. The van der Waals surface area contributed by atoms with Gasteiger partial charge in [-0.05, 0) is 12.2 Å². The molecule has 0 heterocycles. The van der Waals surface area contributed by atoms with Crippen LogP contribution in [0.25, 0.3) is 0 Å². The van der Waals surface area contributed by atoms with E-state index < -0.39 is 12.0 Å². The topological polar surface area (TPSA) is 61.7 Å². The first kappa shape index (κ1) is 9.42. The lowest BCUT2D eigenvalue weighted by Gasteiger charge is -2.05. The number of thiocarbonyl (C=S) groups is 1.